The lowest BCUT2D eigenvalue weighted by Crippen LogP contribution is -2.49. The standard InChI is InChI=1S/C12H20N4O4S/c1-8(3-4-21(2)20)15-12(19)16-10(11(17)18)5-9-6-13-7-14-9/h6-8,10H,3-5H2,1-2H3,(H,13,14)(H,17,18)(H2,15,16,19)/t8?,10-,21?/m1/s1. The molecule has 1 rings (SSSR count). The number of rotatable bonds is 8. The Kier molecular flexibility index (Phi) is 6.86. The molecule has 9 heteroatoms. The molecule has 0 saturated carbocycles. The van der Waals surface area contributed by atoms with E-state index in [2.05, 4.69) is 20.6 Å². The summed E-state index contributed by atoms with van der Waals surface area (Å²) in [5, 5.41) is 14.1. The predicted molar refractivity (Wildman–Crippen MR) is 78.4 cm³/mol. The van der Waals surface area contributed by atoms with Gasteiger partial charge in [0.1, 0.15) is 6.04 Å². The number of carbonyl (C=O) groups excluding carboxylic acids is 1. The van der Waals surface area contributed by atoms with Crippen LogP contribution in [0.15, 0.2) is 12.5 Å². The van der Waals surface area contributed by atoms with Gasteiger partial charge in [-0.25, -0.2) is 14.6 Å². The second kappa shape index (κ2) is 8.40. The van der Waals surface area contributed by atoms with Crippen molar-refractivity contribution in [1.29, 1.82) is 0 Å². The number of aromatic amines is 1. The van der Waals surface area contributed by atoms with E-state index in [-0.39, 0.29) is 12.5 Å². The summed E-state index contributed by atoms with van der Waals surface area (Å²) < 4.78 is 11.0. The molecule has 21 heavy (non-hydrogen) atoms. The van der Waals surface area contributed by atoms with Crippen LogP contribution in [0.3, 0.4) is 0 Å². The summed E-state index contributed by atoms with van der Waals surface area (Å²) in [6.07, 6.45) is 5.23. The largest absolute Gasteiger partial charge is 0.480 e. The summed E-state index contributed by atoms with van der Waals surface area (Å²) in [4.78, 5) is 29.5. The van der Waals surface area contributed by atoms with Crippen molar-refractivity contribution >= 4 is 22.8 Å². The van der Waals surface area contributed by atoms with Crippen molar-refractivity contribution in [2.24, 2.45) is 0 Å². The van der Waals surface area contributed by atoms with Crippen LogP contribution < -0.4 is 10.6 Å². The van der Waals surface area contributed by atoms with Crippen molar-refractivity contribution in [2.75, 3.05) is 12.0 Å². The maximum Gasteiger partial charge on any atom is 0.326 e. The summed E-state index contributed by atoms with van der Waals surface area (Å²) in [7, 11) is -0.918. The third-order valence-corrected chi connectivity index (χ3v) is 3.61. The molecule has 8 nitrogen and oxygen atoms in total. The molecule has 0 bridgehead atoms. The van der Waals surface area contributed by atoms with Crippen molar-refractivity contribution in [3.63, 3.8) is 0 Å². The van der Waals surface area contributed by atoms with Gasteiger partial charge in [-0.15, -0.1) is 0 Å². The summed E-state index contributed by atoms with van der Waals surface area (Å²) in [5.74, 6) is -0.639. The zero-order valence-electron chi connectivity index (χ0n) is 12.0. The molecule has 0 aliphatic carbocycles. The smallest absolute Gasteiger partial charge is 0.326 e. The lowest BCUT2D eigenvalue weighted by Gasteiger charge is -2.17. The first kappa shape index (κ1) is 17.2. The van der Waals surface area contributed by atoms with Crippen molar-refractivity contribution in [1.82, 2.24) is 20.6 Å². The third kappa shape index (κ3) is 6.89. The minimum atomic E-state index is -1.12. The Morgan fingerprint density at radius 3 is 2.71 bits per heavy atom. The highest BCUT2D eigenvalue weighted by molar-refractivity contribution is 7.84. The van der Waals surface area contributed by atoms with Crippen LogP contribution in [0.5, 0.6) is 0 Å². The highest BCUT2D eigenvalue weighted by atomic mass is 32.2. The monoisotopic (exact) mass is 316 g/mol. The van der Waals surface area contributed by atoms with E-state index in [4.69, 9.17) is 5.11 Å². The molecular weight excluding hydrogens is 296 g/mol. The number of carboxylic acids is 1. The average molecular weight is 316 g/mol. The molecule has 0 saturated heterocycles. The van der Waals surface area contributed by atoms with Crippen molar-refractivity contribution in [3.05, 3.63) is 18.2 Å². The van der Waals surface area contributed by atoms with E-state index in [0.717, 1.165) is 0 Å². The number of nitrogens with one attached hydrogen (secondary N) is 3. The minimum absolute atomic E-state index is 0.121. The van der Waals surface area contributed by atoms with Crippen LogP contribution in [0.2, 0.25) is 0 Å². The van der Waals surface area contributed by atoms with Gasteiger partial charge in [0.15, 0.2) is 0 Å². The number of urea groups is 1. The quantitative estimate of drug-likeness (QED) is 0.531. The minimum Gasteiger partial charge on any atom is -0.480 e. The molecule has 0 fully saturated rings. The van der Waals surface area contributed by atoms with E-state index < -0.39 is 28.8 Å². The van der Waals surface area contributed by atoms with Gasteiger partial charge in [-0.2, -0.15) is 0 Å². The van der Waals surface area contributed by atoms with E-state index in [1.807, 2.05) is 0 Å². The molecule has 0 aromatic carbocycles. The molecule has 0 aliphatic rings. The molecule has 118 valence electrons. The maximum absolute atomic E-state index is 11.8. The summed E-state index contributed by atoms with van der Waals surface area (Å²) in [5.41, 5.74) is 0.622. The second-order valence-electron chi connectivity index (χ2n) is 4.76. The van der Waals surface area contributed by atoms with E-state index in [9.17, 15) is 13.8 Å². The molecular formula is C12H20N4O4S. The fourth-order valence-electron chi connectivity index (χ4n) is 1.65. The van der Waals surface area contributed by atoms with Gasteiger partial charge in [-0.3, -0.25) is 4.21 Å². The van der Waals surface area contributed by atoms with Gasteiger partial charge in [0.25, 0.3) is 0 Å². The topological polar surface area (TPSA) is 124 Å². The zero-order valence-corrected chi connectivity index (χ0v) is 12.8. The van der Waals surface area contributed by atoms with Crippen LogP contribution in [0, 0.1) is 0 Å². The van der Waals surface area contributed by atoms with E-state index >= 15 is 0 Å². The number of aliphatic carboxylic acids is 1. The highest BCUT2D eigenvalue weighted by Crippen LogP contribution is 1.99. The van der Waals surface area contributed by atoms with Gasteiger partial charge in [-0.05, 0) is 13.3 Å². The maximum atomic E-state index is 11.8. The normalized spacial score (nSPS) is 15.0. The molecule has 2 amide bonds. The number of hydrogen-bond donors (Lipinski definition) is 4. The third-order valence-electron chi connectivity index (χ3n) is 2.80. The van der Waals surface area contributed by atoms with Gasteiger partial charge >= 0.3 is 12.0 Å². The molecule has 4 N–H and O–H groups in total. The molecule has 0 spiro atoms. The number of imidazole rings is 1. The molecule has 1 aromatic rings. The molecule has 3 atom stereocenters. The fraction of sp³-hybridized carbons (Fsp3) is 0.583. The zero-order chi connectivity index (χ0) is 15.8. The lowest BCUT2D eigenvalue weighted by atomic mass is 10.1. The van der Waals surface area contributed by atoms with Gasteiger partial charge in [-0.1, -0.05) is 0 Å². The lowest BCUT2D eigenvalue weighted by molar-refractivity contribution is -0.139. The van der Waals surface area contributed by atoms with Crippen LogP contribution in [0.1, 0.15) is 19.0 Å². The Bertz CT molecular complexity index is 491. The number of hydrogen-bond acceptors (Lipinski definition) is 4. The van der Waals surface area contributed by atoms with Crippen LogP contribution in [-0.2, 0) is 22.0 Å². The summed E-state index contributed by atoms with van der Waals surface area (Å²) >= 11 is 0. The van der Waals surface area contributed by atoms with Crippen LogP contribution in [0.25, 0.3) is 0 Å². The van der Waals surface area contributed by atoms with Gasteiger partial charge in [0.2, 0.25) is 0 Å². The van der Waals surface area contributed by atoms with Crippen molar-refractivity contribution in [3.8, 4) is 0 Å². The first-order chi connectivity index (χ1) is 9.88. The van der Waals surface area contributed by atoms with E-state index in [1.165, 1.54) is 12.5 Å². The molecule has 0 aliphatic heterocycles. The first-order valence-corrected chi connectivity index (χ1v) is 8.18. The van der Waals surface area contributed by atoms with Crippen molar-refractivity contribution < 1.29 is 18.9 Å². The number of carbonyl (C=O) groups is 2. The number of aromatic nitrogens is 2. The van der Waals surface area contributed by atoms with Gasteiger partial charge in [0.05, 0.1) is 6.33 Å². The Labute approximate surface area is 125 Å². The summed E-state index contributed by atoms with van der Waals surface area (Å²) in [6, 6.07) is -1.79. The Hall–Kier alpha value is -1.90. The number of H-pyrrole nitrogens is 1. The number of nitrogens with zero attached hydrogens (tertiary/aromatic N) is 1. The van der Waals surface area contributed by atoms with Crippen LogP contribution in [0.4, 0.5) is 4.79 Å². The van der Waals surface area contributed by atoms with E-state index in [1.54, 1.807) is 13.2 Å². The summed E-state index contributed by atoms with van der Waals surface area (Å²) in [6.45, 7) is 1.77. The molecule has 2 unspecified atom stereocenters. The average Bonchev–Trinajstić information content (AvgIpc) is 2.88. The Balaban J connectivity index is 2.45. The van der Waals surface area contributed by atoms with E-state index in [0.29, 0.717) is 17.9 Å². The number of amides is 2. The SMILES string of the molecule is CC(CCS(C)=O)NC(=O)N[C@H](Cc1cnc[nH]1)C(=O)O. The molecule has 1 aromatic heterocycles. The van der Waals surface area contributed by atoms with Crippen LogP contribution in [-0.4, -0.2) is 55.4 Å². The highest BCUT2D eigenvalue weighted by Gasteiger charge is 2.21. The van der Waals surface area contributed by atoms with Crippen LogP contribution >= 0.6 is 0 Å². The van der Waals surface area contributed by atoms with Gasteiger partial charge < -0.3 is 20.7 Å². The Morgan fingerprint density at radius 2 is 2.19 bits per heavy atom. The van der Waals surface area contributed by atoms with Gasteiger partial charge in [0, 0.05) is 47.2 Å². The number of carboxylic acid groups (broad SMARTS) is 1. The van der Waals surface area contributed by atoms with Crippen molar-refractivity contribution in [2.45, 2.75) is 31.8 Å². The molecule has 1 heterocycles. The molecule has 0 radical (unpaired) electrons. The predicted octanol–water partition coefficient (Wildman–Crippen LogP) is -0.138. The fourth-order valence-corrected chi connectivity index (χ4v) is 2.34. The Morgan fingerprint density at radius 1 is 1.48 bits per heavy atom. The second-order valence-corrected chi connectivity index (χ2v) is 6.31. The first-order valence-electron chi connectivity index (χ1n) is 6.45.